The summed E-state index contributed by atoms with van der Waals surface area (Å²) in [6.45, 7) is 8.03. The van der Waals surface area contributed by atoms with Gasteiger partial charge in [-0.2, -0.15) is 5.10 Å². The Kier molecular flexibility index (Phi) is 5.82. The molecule has 0 aliphatic heterocycles. The Morgan fingerprint density at radius 2 is 2.08 bits per heavy atom. The Bertz CT molecular complexity index is 782. The van der Waals surface area contributed by atoms with E-state index in [-0.39, 0.29) is 11.8 Å². The molecular formula is C16H20BrN3O3S. The van der Waals surface area contributed by atoms with Crippen molar-refractivity contribution in [3.8, 4) is 0 Å². The molecule has 0 radical (unpaired) electrons. The van der Waals surface area contributed by atoms with Gasteiger partial charge in [0.2, 0.25) is 5.91 Å². The number of aromatic nitrogens is 2. The fraction of sp³-hybridized carbons (Fsp3) is 0.438. The van der Waals surface area contributed by atoms with E-state index in [0.29, 0.717) is 17.1 Å². The quantitative estimate of drug-likeness (QED) is 0.758. The summed E-state index contributed by atoms with van der Waals surface area (Å²) in [7, 11) is 1.32. The summed E-state index contributed by atoms with van der Waals surface area (Å²) in [5, 5.41) is 7.77. The number of methoxy groups -OCH3 is 1. The Balaban J connectivity index is 2.12. The maximum Gasteiger partial charge on any atom is 0.340 e. The Morgan fingerprint density at radius 3 is 2.62 bits per heavy atom. The molecule has 0 aliphatic rings. The molecule has 1 unspecified atom stereocenters. The minimum absolute atomic E-state index is 0.161. The fourth-order valence-corrected chi connectivity index (χ4v) is 3.49. The maximum atomic E-state index is 12.5. The number of thiophene rings is 1. The van der Waals surface area contributed by atoms with Crippen LogP contribution in [0.15, 0.2) is 10.5 Å². The zero-order chi connectivity index (χ0) is 18.0. The molecule has 1 N–H and O–H groups in total. The van der Waals surface area contributed by atoms with E-state index < -0.39 is 5.97 Å². The Morgan fingerprint density at radius 1 is 1.42 bits per heavy atom. The molecule has 2 rings (SSSR count). The second kappa shape index (κ2) is 7.48. The molecule has 0 saturated carbocycles. The van der Waals surface area contributed by atoms with Crippen LogP contribution in [0.5, 0.6) is 0 Å². The van der Waals surface area contributed by atoms with E-state index in [0.717, 1.165) is 20.7 Å². The third kappa shape index (κ3) is 3.87. The lowest BCUT2D eigenvalue weighted by Gasteiger charge is -2.13. The summed E-state index contributed by atoms with van der Waals surface area (Å²) >= 11 is 4.84. The monoisotopic (exact) mass is 413 g/mol. The fourth-order valence-electron chi connectivity index (χ4n) is 2.30. The summed E-state index contributed by atoms with van der Waals surface area (Å²) in [4.78, 5) is 25.2. The van der Waals surface area contributed by atoms with Gasteiger partial charge in [-0.25, -0.2) is 4.79 Å². The smallest absolute Gasteiger partial charge is 0.340 e. The Hall–Kier alpha value is -1.67. The van der Waals surface area contributed by atoms with Crippen molar-refractivity contribution >= 4 is 44.1 Å². The van der Waals surface area contributed by atoms with E-state index in [1.165, 1.54) is 18.4 Å². The molecule has 0 aliphatic carbocycles. The number of amides is 1. The number of rotatable bonds is 5. The average molecular weight is 414 g/mol. The van der Waals surface area contributed by atoms with Gasteiger partial charge >= 0.3 is 5.97 Å². The molecule has 24 heavy (non-hydrogen) atoms. The van der Waals surface area contributed by atoms with Crippen LogP contribution < -0.4 is 5.32 Å². The third-order valence-corrected chi connectivity index (χ3v) is 5.80. The highest BCUT2D eigenvalue weighted by Crippen LogP contribution is 2.29. The Labute approximate surface area is 153 Å². The highest BCUT2D eigenvalue weighted by Gasteiger charge is 2.21. The van der Waals surface area contributed by atoms with Crippen molar-refractivity contribution < 1.29 is 14.3 Å². The van der Waals surface area contributed by atoms with Crippen LogP contribution in [0.3, 0.4) is 0 Å². The molecule has 2 aromatic heterocycles. The molecule has 1 amide bonds. The van der Waals surface area contributed by atoms with Crippen LogP contribution in [0.1, 0.15) is 33.5 Å². The van der Waals surface area contributed by atoms with Crippen LogP contribution in [0, 0.1) is 26.7 Å². The topological polar surface area (TPSA) is 73.2 Å². The van der Waals surface area contributed by atoms with Crippen LogP contribution in [0.25, 0.3) is 0 Å². The van der Waals surface area contributed by atoms with Gasteiger partial charge in [-0.15, -0.1) is 11.3 Å². The van der Waals surface area contributed by atoms with E-state index in [2.05, 4.69) is 26.3 Å². The van der Waals surface area contributed by atoms with Gasteiger partial charge in [-0.1, -0.05) is 6.92 Å². The number of aryl methyl sites for hydroxylation is 2. The van der Waals surface area contributed by atoms with Gasteiger partial charge in [0, 0.05) is 10.6 Å². The van der Waals surface area contributed by atoms with Gasteiger partial charge in [-0.05, 0) is 42.8 Å². The number of hydrogen-bond donors (Lipinski definition) is 1. The second-order valence-electron chi connectivity index (χ2n) is 5.65. The normalized spacial score (nSPS) is 12.1. The van der Waals surface area contributed by atoms with Crippen LogP contribution in [0.4, 0.5) is 5.00 Å². The first-order chi connectivity index (χ1) is 11.2. The molecule has 0 spiro atoms. The van der Waals surface area contributed by atoms with Crippen LogP contribution >= 0.6 is 27.3 Å². The van der Waals surface area contributed by atoms with E-state index in [4.69, 9.17) is 4.74 Å². The minimum atomic E-state index is -0.454. The number of ether oxygens (including phenoxy) is 1. The summed E-state index contributed by atoms with van der Waals surface area (Å²) in [5.74, 6) is -0.918. The van der Waals surface area contributed by atoms with Gasteiger partial charge in [0.25, 0.3) is 0 Å². The van der Waals surface area contributed by atoms with E-state index in [1.54, 1.807) is 6.07 Å². The van der Waals surface area contributed by atoms with Crippen molar-refractivity contribution in [1.29, 1.82) is 0 Å². The molecule has 130 valence electrons. The van der Waals surface area contributed by atoms with Gasteiger partial charge in [0.05, 0.1) is 35.3 Å². The second-order valence-corrected chi connectivity index (χ2v) is 7.70. The molecule has 0 fully saturated rings. The number of esters is 1. The third-order valence-electron chi connectivity index (χ3n) is 3.68. The predicted octanol–water partition coefficient (Wildman–Crippen LogP) is 3.69. The number of nitrogens with one attached hydrogen (secondary N) is 1. The number of anilines is 1. The molecule has 2 heterocycles. The van der Waals surface area contributed by atoms with E-state index >= 15 is 0 Å². The first-order valence-corrected chi connectivity index (χ1v) is 9.04. The zero-order valence-electron chi connectivity index (χ0n) is 14.3. The molecule has 1 atom stereocenters. The summed E-state index contributed by atoms with van der Waals surface area (Å²) in [5.41, 5.74) is 2.26. The number of hydrogen-bond acceptors (Lipinski definition) is 5. The van der Waals surface area contributed by atoms with Crippen LogP contribution in [-0.4, -0.2) is 28.8 Å². The SMILES string of the molecule is COC(=O)c1cc(C)sc1NC(=O)C(C)Cn1nc(C)c(Br)c1C. The first-order valence-electron chi connectivity index (χ1n) is 7.43. The van der Waals surface area contributed by atoms with Crippen molar-refractivity contribution in [3.05, 3.63) is 32.4 Å². The average Bonchev–Trinajstić information content (AvgIpc) is 3.01. The maximum absolute atomic E-state index is 12.5. The van der Waals surface area contributed by atoms with Gasteiger partial charge in [-0.3, -0.25) is 9.48 Å². The highest BCUT2D eigenvalue weighted by molar-refractivity contribution is 9.10. The standard InChI is InChI=1S/C16H20BrN3O3S/c1-8(7-20-11(4)13(17)10(3)19-20)14(21)18-15-12(16(22)23-5)6-9(2)24-15/h6,8H,7H2,1-5H3,(H,18,21). The number of nitrogens with zero attached hydrogens (tertiary/aromatic N) is 2. The summed E-state index contributed by atoms with van der Waals surface area (Å²) < 4.78 is 7.52. The number of carbonyl (C=O) groups is 2. The molecular weight excluding hydrogens is 394 g/mol. The molecule has 2 aromatic rings. The van der Waals surface area contributed by atoms with Crippen molar-refractivity contribution in [2.24, 2.45) is 5.92 Å². The van der Waals surface area contributed by atoms with E-state index in [9.17, 15) is 9.59 Å². The summed E-state index contributed by atoms with van der Waals surface area (Å²) in [6, 6.07) is 1.72. The lowest BCUT2D eigenvalue weighted by Crippen LogP contribution is -2.25. The zero-order valence-corrected chi connectivity index (χ0v) is 16.7. The highest BCUT2D eigenvalue weighted by atomic mass is 79.9. The lowest BCUT2D eigenvalue weighted by molar-refractivity contribution is -0.119. The van der Waals surface area contributed by atoms with E-state index in [1.807, 2.05) is 32.4 Å². The lowest BCUT2D eigenvalue weighted by atomic mass is 10.1. The molecule has 8 heteroatoms. The summed E-state index contributed by atoms with van der Waals surface area (Å²) in [6.07, 6.45) is 0. The first kappa shape index (κ1) is 18.7. The van der Waals surface area contributed by atoms with Crippen LogP contribution in [-0.2, 0) is 16.1 Å². The predicted molar refractivity (Wildman–Crippen MR) is 97.6 cm³/mol. The van der Waals surface area contributed by atoms with Crippen molar-refractivity contribution in [2.75, 3.05) is 12.4 Å². The molecule has 0 saturated heterocycles. The van der Waals surface area contributed by atoms with Crippen molar-refractivity contribution in [3.63, 3.8) is 0 Å². The number of halogens is 1. The minimum Gasteiger partial charge on any atom is -0.465 e. The van der Waals surface area contributed by atoms with Crippen LogP contribution in [0.2, 0.25) is 0 Å². The number of carbonyl (C=O) groups excluding carboxylic acids is 2. The molecule has 0 bridgehead atoms. The molecule has 0 aromatic carbocycles. The van der Waals surface area contributed by atoms with Gasteiger partial charge < -0.3 is 10.1 Å². The van der Waals surface area contributed by atoms with Crippen molar-refractivity contribution in [2.45, 2.75) is 34.2 Å². The van der Waals surface area contributed by atoms with Gasteiger partial charge in [0.1, 0.15) is 5.00 Å². The van der Waals surface area contributed by atoms with Crippen molar-refractivity contribution in [1.82, 2.24) is 9.78 Å². The largest absolute Gasteiger partial charge is 0.465 e. The molecule has 6 nitrogen and oxygen atoms in total. The van der Waals surface area contributed by atoms with Gasteiger partial charge in [0.15, 0.2) is 0 Å².